The molecule has 0 unspecified atom stereocenters. The molecular weight excluding hydrogens is 433 g/mol. The van der Waals surface area contributed by atoms with E-state index in [-0.39, 0.29) is 29.0 Å². The molecule has 1 radical (unpaired) electrons. The third-order valence-electron chi connectivity index (χ3n) is 6.67. The highest BCUT2D eigenvalue weighted by atomic mass is 19.1. The van der Waals surface area contributed by atoms with Crippen molar-refractivity contribution in [2.75, 3.05) is 19.6 Å². The highest BCUT2D eigenvalue weighted by molar-refractivity contribution is 5.99. The van der Waals surface area contributed by atoms with Crippen LogP contribution in [0.2, 0.25) is 0 Å². The quantitative estimate of drug-likeness (QED) is 0.473. The number of ketones is 1. The highest BCUT2D eigenvalue weighted by Gasteiger charge is 2.44. The Kier molecular flexibility index (Phi) is 7.00. The first-order chi connectivity index (χ1) is 16.3. The van der Waals surface area contributed by atoms with Gasteiger partial charge in [-0.3, -0.25) is 9.69 Å². The van der Waals surface area contributed by atoms with Crippen LogP contribution in [0.3, 0.4) is 0 Å². The number of phenols is 2. The number of hydrogen-bond acceptors (Lipinski definition) is 5. The average Bonchev–Trinajstić information content (AvgIpc) is 2.80. The van der Waals surface area contributed by atoms with Crippen molar-refractivity contribution in [1.82, 2.24) is 4.90 Å². The zero-order valence-corrected chi connectivity index (χ0v) is 19.3. The summed E-state index contributed by atoms with van der Waals surface area (Å²) < 4.78 is 14.7. The van der Waals surface area contributed by atoms with E-state index in [0.29, 0.717) is 41.9 Å². The minimum Gasteiger partial charge on any atom is -0.508 e. The predicted octanol–water partition coefficient (Wildman–Crippen LogP) is 4.41. The van der Waals surface area contributed by atoms with Crippen molar-refractivity contribution < 1.29 is 24.5 Å². The number of nitrogens with zero attached hydrogens (tertiary/aromatic N) is 1. The second kappa shape index (κ2) is 9.95. The minimum atomic E-state index is -0.613. The van der Waals surface area contributed by atoms with Crippen LogP contribution in [0.25, 0.3) is 0 Å². The van der Waals surface area contributed by atoms with Crippen LogP contribution < -0.4 is 0 Å². The smallest absolute Gasteiger partial charge is 0.167 e. The van der Waals surface area contributed by atoms with Gasteiger partial charge in [0.15, 0.2) is 5.78 Å². The normalized spacial score (nSPS) is 21.8. The molecule has 0 bridgehead atoms. The molecule has 4 rings (SSSR count). The number of halogens is 1. The number of hydrogen-bond donors (Lipinski definition) is 3. The van der Waals surface area contributed by atoms with Crippen LogP contribution in [0, 0.1) is 24.7 Å². The van der Waals surface area contributed by atoms with Crippen LogP contribution in [-0.4, -0.2) is 51.7 Å². The molecule has 0 aromatic heterocycles. The van der Waals surface area contributed by atoms with Gasteiger partial charge in [-0.2, -0.15) is 0 Å². The molecule has 6 heteroatoms. The van der Waals surface area contributed by atoms with E-state index in [1.54, 1.807) is 50.2 Å². The number of phenolic OH excluding ortho intramolecular Hbond substituents is 2. The molecule has 0 spiro atoms. The number of carbonyl (C=O) groups is 1. The molecule has 5 nitrogen and oxygen atoms in total. The Bertz CT molecular complexity index is 1180. The van der Waals surface area contributed by atoms with Crippen LogP contribution in [0.1, 0.15) is 45.8 Å². The first kappa shape index (κ1) is 23.9. The number of aliphatic hydroxyl groups excluding tert-OH is 1. The van der Waals surface area contributed by atoms with Gasteiger partial charge in [-0.15, -0.1) is 0 Å². The molecule has 1 fully saturated rings. The number of carbonyl (C=O) groups excluding carboxylic acids is 1. The summed E-state index contributed by atoms with van der Waals surface area (Å²) in [6.07, 6.45) is -0.613. The van der Waals surface area contributed by atoms with Gasteiger partial charge in [0.1, 0.15) is 17.3 Å². The second-order valence-corrected chi connectivity index (χ2v) is 9.14. The zero-order chi connectivity index (χ0) is 24.4. The van der Waals surface area contributed by atoms with Crippen LogP contribution in [0.4, 0.5) is 4.39 Å². The van der Waals surface area contributed by atoms with E-state index in [0.717, 1.165) is 0 Å². The van der Waals surface area contributed by atoms with Gasteiger partial charge in [-0.1, -0.05) is 36.4 Å². The van der Waals surface area contributed by atoms with Gasteiger partial charge in [-0.05, 0) is 55.3 Å². The lowest BCUT2D eigenvalue weighted by Gasteiger charge is -2.44. The molecule has 1 saturated heterocycles. The van der Waals surface area contributed by atoms with Gasteiger partial charge in [0.05, 0.1) is 6.10 Å². The summed E-state index contributed by atoms with van der Waals surface area (Å²) in [5.74, 6) is -1.90. The SMILES string of the molecule is Cc1c(F)cccc1[C@H]1[C@@H](C(=O)c2cccc(O)c2)CN(C[C@H](C)O)C[C@@H]1c1[c]cccc1O. The van der Waals surface area contributed by atoms with Crippen molar-refractivity contribution in [3.05, 3.63) is 94.8 Å². The van der Waals surface area contributed by atoms with Crippen molar-refractivity contribution in [3.63, 3.8) is 0 Å². The Morgan fingerprint density at radius 3 is 2.62 bits per heavy atom. The largest absolute Gasteiger partial charge is 0.508 e. The van der Waals surface area contributed by atoms with E-state index in [9.17, 15) is 24.5 Å². The molecule has 1 aliphatic heterocycles. The standard InChI is InChI=1S/C28H29FNO4/c1-17(31)14-30-15-23(22-9-3-4-12-26(22)33)27(21-10-6-11-25(29)18(21)2)24(16-30)28(34)19-7-5-8-20(32)13-19/h3-8,10-13,17,23-24,27,31-33H,14-16H2,1-2H3/t17-,23+,24-,27+/m0/s1. The fourth-order valence-electron chi connectivity index (χ4n) is 5.21. The van der Waals surface area contributed by atoms with Crippen molar-refractivity contribution >= 4 is 5.78 Å². The first-order valence-electron chi connectivity index (χ1n) is 11.4. The first-order valence-corrected chi connectivity index (χ1v) is 11.4. The minimum absolute atomic E-state index is 0.00781. The summed E-state index contributed by atoms with van der Waals surface area (Å²) in [5.41, 5.74) is 2.09. The van der Waals surface area contributed by atoms with E-state index in [1.165, 1.54) is 18.2 Å². The Morgan fingerprint density at radius 2 is 1.91 bits per heavy atom. The van der Waals surface area contributed by atoms with E-state index >= 15 is 0 Å². The van der Waals surface area contributed by atoms with E-state index in [1.807, 2.05) is 11.0 Å². The summed E-state index contributed by atoms with van der Waals surface area (Å²) in [6.45, 7) is 4.56. The van der Waals surface area contributed by atoms with Gasteiger partial charge in [0, 0.05) is 48.5 Å². The molecule has 3 N–H and O–H groups in total. The summed E-state index contributed by atoms with van der Waals surface area (Å²) in [7, 11) is 0. The molecule has 0 saturated carbocycles. The highest BCUT2D eigenvalue weighted by Crippen LogP contribution is 2.47. The third kappa shape index (κ3) is 4.83. The van der Waals surface area contributed by atoms with Crippen molar-refractivity contribution in [2.24, 2.45) is 5.92 Å². The van der Waals surface area contributed by atoms with Gasteiger partial charge in [0.2, 0.25) is 0 Å². The lowest BCUT2D eigenvalue weighted by atomic mass is 9.67. The van der Waals surface area contributed by atoms with E-state index < -0.39 is 17.9 Å². The van der Waals surface area contributed by atoms with Crippen molar-refractivity contribution in [1.29, 1.82) is 0 Å². The third-order valence-corrected chi connectivity index (χ3v) is 6.67. The fourth-order valence-corrected chi connectivity index (χ4v) is 5.21. The maximum atomic E-state index is 14.7. The molecule has 0 aliphatic carbocycles. The summed E-state index contributed by atoms with van der Waals surface area (Å²) in [4.78, 5) is 15.9. The van der Waals surface area contributed by atoms with Crippen molar-refractivity contribution in [2.45, 2.75) is 31.8 Å². The summed E-state index contributed by atoms with van der Waals surface area (Å²) >= 11 is 0. The maximum Gasteiger partial charge on any atom is 0.167 e. The van der Waals surface area contributed by atoms with Gasteiger partial charge < -0.3 is 15.3 Å². The van der Waals surface area contributed by atoms with Gasteiger partial charge in [0.25, 0.3) is 0 Å². The average molecular weight is 463 g/mol. The lowest BCUT2D eigenvalue weighted by molar-refractivity contribution is 0.0590. The fraction of sp³-hybridized carbons (Fsp3) is 0.321. The molecule has 1 aliphatic rings. The number of β-amino-alcohol motifs (C(OH)–C–C–N with tert-alkyl or cyclic N) is 1. The summed E-state index contributed by atoms with van der Waals surface area (Å²) in [5, 5.41) is 30.8. The van der Waals surface area contributed by atoms with Gasteiger partial charge in [-0.25, -0.2) is 4.39 Å². The summed E-state index contributed by atoms with van der Waals surface area (Å²) in [6, 6.07) is 19.2. The number of likely N-dealkylation sites (tertiary alicyclic amines) is 1. The molecule has 1 heterocycles. The Labute approximate surface area is 199 Å². The number of piperidine rings is 1. The second-order valence-electron chi connectivity index (χ2n) is 9.14. The topological polar surface area (TPSA) is 81.0 Å². The Morgan fingerprint density at radius 1 is 1.15 bits per heavy atom. The molecular formula is C28H29FNO4. The number of Topliss-reactive ketones (excluding diaryl/α,β-unsaturated/α-hetero) is 1. The van der Waals surface area contributed by atoms with E-state index in [2.05, 4.69) is 6.07 Å². The molecule has 177 valence electrons. The van der Waals surface area contributed by atoms with Gasteiger partial charge >= 0.3 is 0 Å². The maximum absolute atomic E-state index is 14.7. The van der Waals surface area contributed by atoms with Crippen LogP contribution >= 0.6 is 0 Å². The molecule has 4 atom stereocenters. The number of aliphatic hydroxyl groups is 1. The van der Waals surface area contributed by atoms with Crippen LogP contribution in [-0.2, 0) is 0 Å². The molecule has 0 amide bonds. The Hall–Kier alpha value is -3.22. The van der Waals surface area contributed by atoms with Crippen molar-refractivity contribution in [3.8, 4) is 11.5 Å². The van der Waals surface area contributed by atoms with Crippen LogP contribution in [0.15, 0.2) is 60.7 Å². The molecule has 3 aromatic rings. The predicted molar refractivity (Wildman–Crippen MR) is 128 cm³/mol. The molecule has 34 heavy (non-hydrogen) atoms. The zero-order valence-electron chi connectivity index (χ0n) is 19.3. The van der Waals surface area contributed by atoms with Crippen LogP contribution in [0.5, 0.6) is 11.5 Å². The number of rotatable bonds is 6. The Balaban J connectivity index is 1.89. The number of benzene rings is 3. The number of aromatic hydroxyl groups is 2. The monoisotopic (exact) mass is 462 g/mol. The van der Waals surface area contributed by atoms with E-state index in [4.69, 9.17) is 0 Å². The molecule has 3 aromatic carbocycles. The lowest BCUT2D eigenvalue weighted by Crippen LogP contribution is -2.49.